The Hall–Kier alpha value is -0.0800. The molecule has 0 N–H and O–H groups in total. The molecule has 0 bridgehead atoms. The van der Waals surface area contributed by atoms with Gasteiger partial charge in [0.2, 0.25) is 0 Å². The molecule has 0 radical (unpaired) electrons. The molecule has 0 heterocycles. The van der Waals surface area contributed by atoms with Crippen molar-refractivity contribution in [3.8, 4) is 0 Å². The van der Waals surface area contributed by atoms with Gasteiger partial charge in [0.05, 0.1) is 53.4 Å². The van der Waals surface area contributed by atoms with Crippen LogP contribution in [0.15, 0.2) is 0 Å². The Labute approximate surface area is 278 Å². The van der Waals surface area contributed by atoms with Crippen molar-refractivity contribution in [3.05, 3.63) is 0 Å². The lowest BCUT2D eigenvalue weighted by molar-refractivity contribution is -0.914. The Balaban J connectivity index is 1.13. The maximum atomic E-state index is 2.61. The predicted molar refractivity (Wildman–Crippen MR) is 194 cm³/mol. The third kappa shape index (κ3) is 9.29. The second kappa shape index (κ2) is 16.3. The second-order valence-electron chi connectivity index (χ2n) is 19.1. The number of quaternary nitrogens is 2. The van der Waals surface area contributed by atoms with E-state index < -0.39 is 0 Å². The average Bonchev–Trinajstić information content (AvgIpc) is 2.99. The molecule has 4 aliphatic carbocycles. The molecule has 4 saturated carbocycles. The molecule has 6 atom stereocenters. The summed E-state index contributed by atoms with van der Waals surface area (Å²) in [5, 5.41) is 0. The van der Waals surface area contributed by atoms with Gasteiger partial charge in [0.1, 0.15) is 0 Å². The Morgan fingerprint density at radius 1 is 0.500 bits per heavy atom. The van der Waals surface area contributed by atoms with Crippen molar-refractivity contribution in [3.63, 3.8) is 0 Å². The lowest BCUT2D eigenvalue weighted by Crippen LogP contribution is -2.49. The number of hydrogen-bond donors (Lipinski definition) is 0. The second-order valence-corrected chi connectivity index (χ2v) is 19.1. The highest BCUT2D eigenvalue weighted by Crippen LogP contribution is 2.56. The van der Waals surface area contributed by atoms with Gasteiger partial charge in [-0.2, -0.15) is 0 Å². The monoisotopic (exact) mass is 615 g/mol. The quantitative estimate of drug-likeness (QED) is 0.127. The molecular weight excluding hydrogens is 532 g/mol. The van der Waals surface area contributed by atoms with E-state index in [4.69, 9.17) is 0 Å². The minimum absolute atomic E-state index is 0.725. The summed E-state index contributed by atoms with van der Waals surface area (Å²) in [6.07, 6.45) is 35.8. The van der Waals surface area contributed by atoms with Gasteiger partial charge in [-0.25, -0.2) is 0 Å². The van der Waals surface area contributed by atoms with Crippen molar-refractivity contribution in [2.45, 2.75) is 194 Å². The highest BCUT2D eigenvalue weighted by molar-refractivity contribution is 4.95. The van der Waals surface area contributed by atoms with Crippen LogP contribution >= 0.6 is 0 Å². The van der Waals surface area contributed by atoms with Crippen molar-refractivity contribution < 1.29 is 8.97 Å². The van der Waals surface area contributed by atoms with Crippen LogP contribution in [0.2, 0.25) is 0 Å². The number of nitrogens with zero attached hydrogens (tertiary/aromatic N) is 2. The highest BCUT2D eigenvalue weighted by Gasteiger charge is 2.45. The van der Waals surface area contributed by atoms with Crippen LogP contribution in [0.3, 0.4) is 0 Å². The van der Waals surface area contributed by atoms with E-state index in [9.17, 15) is 0 Å². The molecule has 0 aromatic heterocycles. The van der Waals surface area contributed by atoms with Crippen LogP contribution in [0.25, 0.3) is 0 Å². The fraction of sp³-hybridized carbons (Fsp3) is 1.00. The zero-order chi connectivity index (χ0) is 31.8. The molecule has 258 valence electrons. The van der Waals surface area contributed by atoms with Crippen LogP contribution in [0.1, 0.15) is 182 Å². The first kappa shape index (κ1) is 36.8. The van der Waals surface area contributed by atoms with E-state index in [1.54, 1.807) is 38.5 Å². The molecule has 2 nitrogen and oxygen atoms in total. The molecule has 2 heteroatoms. The van der Waals surface area contributed by atoms with Crippen LogP contribution in [-0.2, 0) is 0 Å². The number of rotatable bonds is 15. The molecule has 0 aromatic carbocycles. The first-order valence-corrected chi connectivity index (χ1v) is 20.6. The summed E-state index contributed by atoms with van der Waals surface area (Å²) in [4.78, 5) is 0. The van der Waals surface area contributed by atoms with Crippen molar-refractivity contribution in [2.75, 3.05) is 41.3 Å². The van der Waals surface area contributed by atoms with Gasteiger partial charge in [-0.1, -0.05) is 78.1 Å². The van der Waals surface area contributed by atoms with Crippen LogP contribution in [0.5, 0.6) is 0 Å². The smallest absolute Gasteiger partial charge is 0.0857 e. The van der Waals surface area contributed by atoms with Crippen molar-refractivity contribution in [1.82, 2.24) is 0 Å². The van der Waals surface area contributed by atoms with Gasteiger partial charge in [-0.05, 0) is 138 Å². The Morgan fingerprint density at radius 2 is 0.841 bits per heavy atom. The molecule has 4 rings (SSSR count). The highest BCUT2D eigenvalue weighted by atomic mass is 15.3. The maximum Gasteiger partial charge on any atom is 0.0857 e. The molecule has 2 spiro atoms. The molecule has 0 saturated heterocycles. The zero-order valence-corrected chi connectivity index (χ0v) is 31.7. The van der Waals surface area contributed by atoms with Crippen LogP contribution < -0.4 is 0 Å². The summed E-state index contributed by atoms with van der Waals surface area (Å²) >= 11 is 0. The standard InChI is InChI=1S/C42H82N2/c1-35-21-19-31-41(27-13-11-14-28-41)39(35)25-23-37(3)43(5,6)33-17-9-10-18-34-44(7,8)38(4)24-26-40-36(2)22-20-32-42(40)29-15-12-16-30-42/h35-40H,9-34H2,1-8H3/q+2. The summed E-state index contributed by atoms with van der Waals surface area (Å²) < 4.78 is 2.46. The normalized spacial score (nSPS) is 30.8. The first-order chi connectivity index (χ1) is 20.9. The molecular formula is C42H82N2+2. The summed E-state index contributed by atoms with van der Waals surface area (Å²) in [7, 11) is 10.2. The van der Waals surface area contributed by atoms with Crippen LogP contribution in [0.4, 0.5) is 0 Å². The maximum absolute atomic E-state index is 2.61. The third-order valence-electron chi connectivity index (χ3n) is 15.7. The van der Waals surface area contributed by atoms with Gasteiger partial charge in [-0.15, -0.1) is 0 Å². The van der Waals surface area contributed by atoms with E-state index in [1.165, 1.54) is 138 Å². The Bertz CT molecular complexity index is 737. The van der Waals surface area contributed by atoms with Gasteiger partial charge in [0, 0.05) is 0 Å². The number of unbranched alkanes of at least 4 members (excludes halogenated alkanes) is 3. The van der Waals surface area contributed by atoms with Gasteiger partial charge >= 0.3 is 0 Å². The molecule has 0 amide bonds. The molecule has 0 aromatic rings. The van der Waals surface area contributed by atoms with Crippen LogP contribution in [-0.4, -0.2) is 62.3 Å². The van der Waals surface area contributed by atoms with Gasteiger partial charge in [0.15, 0.2) is 0 Å². The lowest BCUT2D eigenvalue weighted by atomic mass is 9.55. The van der Waals surface area contributed by atoms with E-state index >= 15 is 0 Å². The summed E-state index contributed by atoms with van der Waals surface area (Å²) in [5.41, 5.74) is 1.45. The van der Waals surface area contributed by atoms with E-state index in [2.05, 4.69) is 55.9 Å². The van der Waals surface area contributed by atoms with E-state index in [-0.39, 0.29) is 0 Å². The molecule has 0 aliphatic heterocycles. The van der Waals surface area contributed by atoms with E-state index in [0.717, 1.165) is 46.6 Å². The van der Waals surface area contributed by atoms with Crippen molar-refractivity contribution in [1.29, 1.82) is 0 Å². The topological polar surface area (TPSA) is 0 Å². The summed E-state index contributed by atoms with van der Waals surface area (Å²) in [6, 6.07) is 1.58. The van der Waals surface area contributed by atoms with Gasteiger partial charge in [-0.3, -0.25) is 0 Å². The SMILES string of the molecule is CC1CCCC2(CCCCC2)C1CCC(C)[N+](C)(C)CCCCCC[N+](C)(C)C(C)CCC1C(C)CCCC12CCCCC2. The van der Waals surface area contributed by atoms with Crippen molar-refractivity contribution in [2.24, 2.45) is 34.5 Å². The van der Waals surface area contributed by atoms with Gasteiger partial charge in [0.25, 0.3) is 0 Å². The third-order valence-corrected chi connectivity index (χ3v) is 15.7. The van der Waals surface area contributed by atoms with E-state index in [0.29, 0.717) is 0 Å². The lowest BCUT2D eigenvalue weighted by Gasteiger charge is -2.51. The summed E-state index contributed by atoms with van der Waals surface area (Å²) in [5.74, 6) is 3.92. The number of hydrogen-bond acceptors (Lipinski definition) is 0. The largest absolute Gasteiger partial charge is 0.326 e. The molecule has 4 fully saturated rings. The molecule has 4 aliphatic rings. The fourth-order valence-electron chi connectivity index (χ4n) is 11.8. The molecule has 44 heavy (non-hydrogen) atoms. The predicted octanol–water partition coefficient (Wildman–Crippen LogP) is 11.8. The van der Waals surface area contributed by atoms with Gasteiger partial charge < -0.3 is 8.97 Å². The minimum Gasteiger partial charge on any atom is -0.326 e. The average molecular weight is 615 g/mol. The zero-order valence-electron chi connectivity index (χ0n) is 31.7. The fourth-order valence-corrected chi connectivity index (χ4v) is 11.8. The minimum atomic E-state index is 0.725. The first-order valence-electron chi connectivity index (χ1n) is 20.6. The summed E-state index contributed by atoms with van der Waals surface area (Å²) in [6.45, 7) is 13.1. The Morgan fingerprint density at radius 3 is 1.20 bits per heavy atom. The Kier molecular flexibility index (Phi) is 13.7. The van der Waals surface area contributed by atoms with E-state index in [1.807, 2.05) is 0 Å². The molecule has 6 unspecified atom stereocenters. The van der Waals surface area contributed by atoms with Crippen molar-refractivity contribution >= 4 is 0 Å². The van der Waals surface area contributed by atoms with Crippen LogP contribution in [0, 0.1) is 34.5 Å².